The van der Waals surface area contributed by atoms with Gasteiger partial charge < -0.3 is 15.5 Å². The SMILES string of the molecule is CSc1ccccc1Nc1nnc(CN)o1. The van der Waals surface area contributed by atoms with E-state index >= 15 is 0 Å². The highest BCUT2D eigenvalue weighted by Gasteiger charge is 2.06. The van der Waals surface area contributed by atoms with Crippen molar-refractivity contribution in [1.29, 1.82) is 0 Å². The Labute approximate surface area is 97.4 Å². The van der Waals surface area contributed by atoms with Crippen LogP contribution in [0.5, 0.6) is 0 Å². The van der Waals surface area contributed by atoms with Gasteiger partial charge >= 0.3 is 6.01 Å². The number of para-hydroxylation sites is 1. The van der Waals surface area contributed by atoms with E-state index in [0.29, 0.717) is 11.9 Å². The number of nitrogens with two attached hydrogens (primary N) is 1. The van der Waals surface area contributed by atoms with E-state index < -0.39 is 0 Å². The van der Waals surface area contributed by atoms with Crippen molar-refractivity contribution in [3.8, 4) is 0 Å². The van der Waals surface area contributed by atoms with Gasteiger partial charge in [0.25, 0.3) is 0 Å². The Hall–Kier alpha value is -1.53. The van der Waals surface area contributed by atoms with Crippen LogP contribution in [0.4, 0.5) is 11.7 Å². The molecular weight excluding hydrogens is 224 g/mol. The zero-order valence-electron chi connectivity index (χ0n) is 8.80. The number of thioether (sulfide) groups is 1. The van der Waals surface area contributed by atoms with Crippen LogP contribution in [0.15, 0.2) is 33.6 Å². The third-order valence-electron chi connectivity index (χ3n) is 1.99. The van der Waals surface area contributed by atoms with Crippen LogP contribution in [0, 0.1) is 0 Å². The molecule has 2 aromatic rings. The van der Waals surface area contributed by atoms with E-state index in [1.165, 1.54) is 0 Å². The molecule has 1 aromatic carbocycles. The predicted molar refractivity (Wildman–Crippen MR) is 63.7 cm³/mol. The van der Waals surface area contributed by atoms with E-state index in [9.17, 15) is 0 Å². The van der Waals surface area contributed by atoms with Crippen molar-refractivity contribution in [3.63, 3.8) is 0 Å². The van der Waals surface area contributed by atoms with Crippen LogP contribution in [0.1, 0.15) is 5.89 Å². The standard InChI is InChI=1S/C10H12N4OS/c1-16-8-5-3-2-4-7(8)12-10-14-13-9(6-11)15-10/h2-5H,6,11H2,1H3,(H,12,14). The second kappa shape index (κ2) is 5.00. The minimum atomic E-state index is 0.249. The van der Waals surface area contributed by atoms with Crippen LogP contribution in [0.3, 0.4) is 0 Å². The number of rotatable bonds is 4. The lowest BCUT2D eigenvalue weighted by Crippen LogP contribution is -1.95. The van der Waals surface area contributed by atoms with Crippen molar-refractivity contribution in [2.45, 2.75) is 11.4 Å². The summed E-state index contributed by atoms with van der Waals surface area (Å²) in [5, 5.41) is 10.7. The first-order valence-electron chi connectivity index (χ1n) is 4.76. The summed E-state index contributed by atoms with van der Waals surface area (Å²) in [6.07, 6.45) is 2.01. The van der Waals surface area contributed by atoms with Crippen LogP contribution in [0.25, 0.3) is 0 Å². The van der Waals surface area contributed by atoms with Gasteiger partial charge in [0.1, 0.15) is 0 Å². The van der Waals surface area contributed by atoms with Crippen molar-refractivity contribution < 1.29 is 4.42 Å². The maximum Gasteiger partial charge on any atom is 0.320 e. The summed E-state index contributed by atoms with van der Waals surface area (Å²) in [4.78, 5) is 1.12. The van der Waals surface area contributed by atoms with Gasteiger partial charge in [0.2, 0.25) is 5.89 Å². The molecule has 84 valence electrons. The van der Waals surface area contributed by atoms with Crippen molar-refractivity contribution >= 4 is 23.5 Å². The molecule has 0 aliphatic heterocycles. The molecule has 0 aliphatic carbocycles. The van der Waals surface area contributed by atoms with Crippen molar-refractivity contribution in [2.24, 2.45) is 5.73 Å². The van der Waals surface area contributed by atoms with Gasteiger partial charge in [-0.2, -0.15) is 0 Å². The Morgan fingerprint density at radius 1 is 1.38 bits per heavy atom. The van der Waals surface area contributed by atoms with E-state index in [2.05, 4.69) is 15.5 Å². The van der Waals surface area contributed by atoms with Gasteiger partial charge in [0.05, 0.1) is 12.2 Å². The fourth-order valence-electron chi connectivity index (χ4n) is 1.25. The number of aromatic nitrogens is 2. The van der Waals surface area contributed by atoms with Crippen LogP contribution >= 0.6 is 11.8 Å². The van der Waals surface area contributed by atoms with Gasteiger partial charge in [-0.3, -0.25) is 0 Å². The number of hydrogen-bond donors (Lipinski definition) is 2. The monoisotopic (exact) mass is 236 g/mol. The molecule has 5 nitrogen and oxygen atoms in total. The first-order valence-corrected chi connectivity index (χ1v) is 5.98. The Balaban J connectivity index is 2.19. The summed E-state index contributed by atoms with van der Waals surface area (Å²) < 4.78 is 5.27. The van der Waals surface area contributed by atoms with Gasteiger partial charge in [-0.25, -0.2) is 0 Å². The maximum absolute atomic E-state index is 5.38. The Kier molecular flexibility index (Phi) is 3.43. The number of anilines is 2. The fourth-order valence-corrected chi connectivity index (χ4v) is 1.80. The molecule has 3 N–H and O–H groups in total. The zero-order chi connectivity index (χ0) is 11.4. The molecule has 0 bridgehead atoms. The molecule has 0 saturated heterocycles. The molecule has 0 saturated carbocycles. The lowest BCUT2D eigenvalue weighted by atomic mass is 10.3. The Morgan fingerprint density at radius 3 is 2.88 bits per heavy atom. The Morgan fingerprint density at radius 2 is 2.19 bits per heavy atom. The first-order chi connectivity index (χ1) is 7.83. The van der Waals surface area contributed by atoms with Gasteiger partial charge in [0.15, 0.2) is 0 Å². The summed E-state index contributed by atoms with van der Waals surface area (Å²) in [5.74, 6) is 0.420. The first kappa shape index (κ1) is 11.0. The average Bonchev–Trinajstić information content (AvgIpc) is 2.77. The van der Waals surface area contributed by atoms with Crippen LogP contribution in [-0.4, -0.2) is 16.5 Å². The normalized spacial score (nSPS) is 10.4. The molecule has 1 heterocycles. The molecular formula is C10H12N4OS. The average molecular weight is 236 g/mol. The van der Waals surface area contributed by atoms with E-state index in [4.69, 9.17) is 10.2 Å². The minimum Gasteiger partial charge on any atom is -0.406 e. The van der Waals surface area contributed by atoms with Crippen LogP contribution in [-0.2, 0) is 6.54 Å². The van der Waals surface area contributed by atoms with Gasteiger partial charge in [-0.05, 0) is 18.4 Å². The summed E-state index contributed by atoms with van der Waals surface area (Å²) in [5.41, 5.74) is 6.33. The summed E-state index contributed by atoms with van der Waals surface area (Å²) in [6.45, 7) is 0.249. The molecule has 0 unspecified atom stereocenters. The second-order valence-corrected chi connectivity index (χ2v) is 3.88. The molecule has 0 amide bonds. The lowest BCUT2D eigenvalue weighted by Gasteiger charge is -2.05. The van der Waals surface area contributed by atoms with Crippen molar-refractivity contribution in [3.05, 3.63) is 30.2 Å². The topological polar surface area (TPSA) is 77.0 Å². The molecule has 0 radical (unpaired) electrons. The second-order valence-electron chi connectivity index (χ2n) is 3.03. The summed E-state index contributed by atoms with van der Waals surface area (Å²) in [6, 6.07) is 8.27. The molecule has 16 heavy (non-hydrogen) atoms. The highest BCUT2D eigenvalue weighted by atomic mass is 32.2. The molecule has 0 spiro atoms. The van der Waals surface area contributed by atoms with E-state index in [1.54, 1.807) is 11.8 Å². The smallest absolute Gasteiger partial charge is 0.320 e. The third kappa shape index (κ3) is 2.34. The number of benzene rings is 1. The number of nitrogens with one attached hydrogen (secondary N) is 1. The highest BCUT2D eigenvalue weighted by molar-refractivity contribution is 7.98. The zero-order valence-corrected chi connectivity index (χ0v) is 9.62. The number of nitrogens with zero attached hydrogens (tertiary/aromatic N) is 2. The quantitative estimate of drug-likeness (QED) is 0.790. The van der Waals surface area contributed by atoms with E-state index in [0.717, 1.165) is 10.6 Å². The molecule has 2 rings (SSSR count). The predicted octanol–water partition coefficient (Wildman–Crippen LogP) is 1.99. The van der Waals surface area contributed by atoms with E-state index in [-0.39, 0.29) is 6.54 Å². The molecule has 6 heteroatoms. The molecule has 1 aromatic heterocycles. The highest BCUT2D eigenvalue weighted by Crippen LogP contribution is 2.27. The van der Waals surface area contributed by atoms with Crippen LogP contribution in [0.2, 0.25) is 0 Å². The Bertz CT molecular complexity index is 471. The van der Waals surface area contributed by atoms with Gasteiger partial charge in [-0.15, -0.1) is 16.9 Å². The number of hydrogen-bond acceptors (Lipinski definition) is 6. The third-order valence-corrected chi connectivity index (χ3v) is 2.79. The molecule has 0 fully saturated rings. The molecule has 0 aliphatic rings. The van der Waals surface area contributed by atoms with E-state index in [1.807, 2.05) is 30.5 Å². The van der Waals surface area contributed by atoms with Crippen LogP contribution < -0.4 is 11.1 Å². The fraction of sp³-hybridized carbons (Fsp3) is 0.200. The maximum atomic E-state index is 5.38. The van der Waals surface area contributed by atoms with Gasteiger partial charge in [-0.1, -0.05) is 17.2 Å². The van der Waals surface area contributed by atoms with Crippen molar-refractivity contribution in [1.82, 2.24) is 10.2 Å². The largest absolute Gasteiger partial charge is 0.406 e. The van der Waals surface area contributed by atoms with Gasteiger partial charge in [0, 0.05) is 4.90 Å². The summed E-state index contributed by atoms with van der Waals surface area (Å²) in [7, 11) is 0. The lowest BCUT2D eigenvalue weighted by molar-refractivity contribution is 0.511. The van der Waals surface area contributed by atoms with Crippen molar-refractivity contribution in [2.75, 3.05) is 11.6 Å². The molecule has 0 atom stereocenters. The summed E-state index contributed by atoms with van der Waals surface area (Å²) >= 11 is 1.65. The minimum absolute atomic E-state index is 0.249.